The van der Waals surface area contributed by atoms with Gasteiger partial charge in [0.15, 0.2) is 5.76 Å². The summed E-state index contributed by atoms with van der Waals surface area (Å²) in [4.78, 5) is 22.3. The number of phenolic OH excluding ortho intramolecular Hbond substituents is 1. The summed E-state index contributed by atoms with van der Waals surface area (Å²) in [6.45, 7) is 5.56. The molecule has 186 valence electrons. The summed E-state index contributed by atoms with van der Waals surface area (Å²) in [6, 6.07) is 12.9. The highest BCUT2D eigenvalue weighted by Crippen LogP contribution is 2.43. The van der Waals surface area contributed by atoms with Crippen LogP contribution in [0.15, 0.2) is 54.4 Å². The zero-order valence-electron chi connectivity index (χ0n) is 20.7. The molecule has 8 heteroatoms. The first-order valence-electron chi connectivity index (χ1n) is 11.9. The number of piperazine rings is 1. The van der Waals surface area contributed by atoms with E-state index in [0.29, 0.717) is 46.0 Å². The minimum Gasteiger partial charge on any atom is -0.507 e. The number of nitrogens with zero attached hydrogens (tertiary/aromatic N) is 3. The van der Waals surface area contributed by atoms with E-state index in [1.807, 2.05) is 31.2 Å². The number of carbonyl (C=O) groups excluding carboxylic acids is 1. The molecule has 0 spiro atoms. The molecule has 8 nitrogen and oxygen atoms in total. The van der Waals surface area contributed by atoms with Gasteiger partial charge in [0, 0.05) is 50.6 Å². The van der Waals surface area contributed by atoms with Crippen molar-refractivity contribution in [3.8, 4) is 23.0 Å². The first-order chi connectivity index (χ1) is 17.5. The minimum absolute atomic E-state index is 0.134. The number of hydrogen-bond donors (Lipinski definition) is 1. The number of aromatic hydroxyl groups is 1. The van der Waals surface area contributed by atoms with Gasteiger partial charge in [0.05, 0.1) is 25.3 Å². The van der Waals surface area contributed by atoms with Crippen molar-refractivity contribution in [3.05, 3.63) is 76.7 Å². The van der Waals surface area contributed by atoms with Gasteiger partial charge < -0.3 is 24.2 Å². The van der Waals surface area contributed by atoms with Gasteiger partial charge in [-0.3, -0.25) is 9.69 Å². The van der Waals surface area contributed by atoms with Gasteiger partial charge in [0.2, 0.25) is 5.78 Å². The fraction of sp³-hybridized carbons (Fsp3) is 0.286. The lowest BCUT2D eigenvalue weighted by Gasteiger charge is -2.35. The Morgan fingerprint density at radius 1 is 1.08 bits per heavy atom. The molecule has 2 aliphatic heterocycles. The second kappa shape index (κ2) is 9.91. The van der Waals surface area contributed by atoms with E-state index < -0.39 is 0 Å². The Morgan fingerprint density at radius 2 is 1.89 bits per heavy atom. The number of Topliss-reactive ketones (excluding diaryl/α,β-unsaturated/α-hetero) is 1. The zero-order valence-corrected chi connectivity index (χ0v) is 20.7. The molecule has 0 atom stereocenters. The molecule has 1 saturated heterocycles. The average molecular weight is 488 g/mol. The number of hydrogen-bond acceptors (Lipinski definition) is 8. The number of ketones is 1. The van der Waals surface area contributed by atoms with Gasteiger partial charge in [-0.15, -0.1) is 0 Å². The number of ether oxygens (including phenoxy) is 3. The Balaban J connectivity index is 1.39. The van der Waals surface area contributed by atoms with E-state index in [9.17, 15) is 9.90 Å². The predicted octanol–water partition coefficient (Wildman–Crippen LogP) is 4.05. The summed E-state index contributed by atoms with van der Waals surface area (Å²) in [6.07, 6.45) is 3.48. The number of anilines is 1. The van der Waals surface area contributed by atoms with Crippen LogP contribution >= 0.6 is 0 Å². The van der Waals surface area contributed by atoms with Crippen LogP contribution in [0.5, 0.6) is 23.0 Å². The third-order valence-corrected chi connectivity index (χ3v) is 6.68. The van der Waals surface area contributed by atoms with E-state index in [1.54, 1.807) is 44.7 Å². The number of fused-ring (bicyclic) bond motifs is 1. The number of allylic oxidation sites excluding steroid dienone is 1. The van der Waals surface area contributed by atoms with Crippen LogP contribution in [0.25, 0.3) is 6.08 Å². The number of phenols is 1. The normalized spacial score (nSPS) is 16.7. The molecule has 2 aliphatic rings. The standard InChI is InChI=1S/C28H29N3O5/c1-18-14-22(32)21(17-30-10-12-31(13-11-30)25-6-4-5-9-29-25)28-26(18)27(33)24(36-28)15-19-7-8-20(34-2)16-23(19)35-3/h4-9,14-16,32H,10-13,17H2,1-3H3/b24-15-. The van der Waals surface area contributed by atoms with Gasteiger partial charge in [-0.05, 0) is 48.9 Å². The monoisotopic (exact) mass is 487 g/mol. The van der Waals surface area contributed by atoms with Crippen molar-refractivity contribution in [2.75, 3.05) is 45.3 Å². The largest absolute Gasteiger partial charge is 0.507 e. The van der Waals surface area contributed by atoms with Gasteiger partial charge in [-0.25, -0.2) is 4.98 Å². The van der Waals surface area contributed by atoms with Gasteiger partial charge in [-0.2, -0.15) is 0 Å². The quantitative estimate of drug-likeness (QED) is 0.522. The number of carbonyl (C=O) groups is 1. The summed E-state index contributed by atoms with van der Waals surface area (Å²) in [5, 5.41) is 10.8. The lowest BCUT2D eigenvalue weighted by atomic mass is 9.99. The molecule has 3 heterocycles. The van der Waals surface area contributed by atoms with Gasteiger partial charge in [-0.1, -0.05) is 6.07 Å². The molecule has 1 fully saturated rings. The smallest absolute Gasteiger partial charge is 0.232 e. The first kappa shape index (κ1) is 23.7. The molecule has 5 rings (SSSR count). The molecule has 1 N–H and O–H groups in total. The maximum atomic E-state index is 13.3. The first-order valence-corrected chi connectivity index (χ1v) is 11.9. The van der Waals surface area contributed by atoms with Gasteiger partial charge in [0.25, 0.3) is 0 Å². The summed E-state index contributed by atoms with van der Waals surface area (Å²) < 4.78 is 16.9. The van der Waals surface area contributed by atoms with Crippen molar-refractivity contribution in [3.63, 3.8) is 0 Å². The van der Waals surface area contributed by atoms with E-state index in [4.69, 9.17) is 14.2 Å². The molecular weight excluding hydrogens is 458 g/mol. The average Bonchev–Trinajstić information content (AvgIpc) is 3.23. The number of aromatic nitrogens is 1. The molecule has 2 aromatic carbocycles. The van der Waals surface area contributed by atoms with Crippen LogP contribution in [0.2, 0.25) is 0 Å². The highest BCUT2D eigenvalue weighted by atomic mass is 16.5. The molecule has 0 radical (unpaired) electrons. The van der Waals surface area contributed by atoms with Crippen molar-refractivity contribution in [1.29, 1.82) is 0 Å². The molecule has 1 aromatic heterocycles. The maximum Gasteiger partial charge on any atom is 0.232 e. The van der Waals surface area contributed by atoms with Crippen LogP contribution in [0.4, 0.5) is 5.82 Å². The summed E-state index contributed by atoms with van der Waals surface area (Å²) >= 11 is 0. The van der Waals surface area contributed by atoms with Crippen molar-refractivity contribution in [1.82, 2.24) is 9.88 Å². The van der Waals surface area contributed by atoms with Crippen molar-refractivity contribution < 1.29 is 24.1 Å². The zero-order chi connectivity index (χ0) is 25.2. The van der Waals surface area contributed by atoms with Crippen molar-refractivity contribution >= 4 is 17.7 Å². The SMILES string of the molecule is COc1ccc(/C=C2\Oc3c(CN4CCN(c5ccccn5)CC4)c(O)cc(C)c3C2=O)c(OC)c1. The van der Waals surface area contributed by atoms with Crippen LogP contribution in [0, 0.1) is 6.92 Å². The molecule has 3 aromatic rings. The molecule has 0 saturated carbocycles. The van der Waals surface area contributed by atoms with Gasteiger partial charge in [0.1, 0.15) is 28.8 Å². The minimum atomic E-state index is -0.207. The van der Waals surface area contributed by atoms with Crippen LogP contribution in [-0.4, -0.2) is 61.2 Å². The molecule has 0 aliphatic carbocycles. The Bertz CT molecular complexity index is 1310. The van der Waals surface area contributed by atoms with Crippen LogP contribution in [0.3, 0.4) is 0 Å². The van der Waals surface area contributed by atoms with E-state index in [2.05, 4.69) is 14.8 Å². The molecule has 0 amide bonds. The van der Waals surface area contributed by atoms with E-state index in [1.165, 1.54) is 0 Å². The highest BCUT2D eigenvalue weighted by molar-refractivity contribution is 6.16. The lowest BCUT2D eigenvalue weighted by molar-refractivity contribution is 0.101. The number of benzene rings is 2. The second-order valence-corrected chi connectivity index (χ2v) is 8.89. The Labute approximate surface area is 210 Å². The number of pyridine rings is 1. The summed E-state index contributed by atoms with van der Waals surface area (Å²) in [5.41, 5.74) is 2.50. The topological polar surface area (TPSA) is 84.4 Å². The number of aryl methyl sites for hydroxylation is 1. The van der Waals surface area contributed by atoms with Crippen molar-refractivity contribution in [2.45, 2.75) is 13.5 Å². The Hall–Kier alpha value is -4.04. The lowest BCUT2D eigenvalue weighted by Crippen LogP contribution is -2.46. The summed E-state index contributed by atoms with van der Waals surface area (Å²) in [7, 11) is 3.15. The van der Waals surface area contributed by atoms with Crippen molar-refractivity contribution in [2.24, 2.45) is 0 Å². The fourth-order valence-corrected chi connectivity index (χ4v) is 4.71. The van der Waals surface area contributed by atoms with E-state index >= 15 is 0 Å². The molecule has 36 heavy (non-hydrogen) atoms. The van der Waals surface area contributed by atoms with Gasteiger partial charge >= 0.3 is 0 Å². The molecule has 0 bridgehead atoms. The highest BCUT2D eigenvalue weighted by Gasteiger charge is 2.34. The molecule has 0 unspecified atom stereocenters. The Kier molecular flexibility index (Phi) is 6.52. The third-order valence-electron chi connectivity index (χ3n) is 6.68. The van der Waals surface area contributed by atoms with Crippen LogP contribution < -0.4 is 19.1 Å². The second-order valence-electron chi connectivity index (χ2n) is 8.89. The summed E-state index contributed by atoms with van der Waals surface area (Å²) in [5.74, 6) is 2.75. The third kappa shape index (κ3) is 4.47. The Morgan fingerprint density at radius 3 is 2.58 bits per heavy atom. The fourth-order valence-electron chi connectivity index (χ4n) is 4.71. The van der Waals surface area contributed by atoms with Crippen LogP contribution in [-0.2, 0) is 6.54 Å². The molecular formula is C28H29N3O5. The number of methoxy groups -OCH3 is 2. The van der Waals surface area contributed by atoms with E-state index in [-0.39, 0.29) is 17.3 Å². The maximum absolute atomic E-state index is 13.3. The predicted molar refractivity (Wildman–Crippen MR) is 137 cm³/mol. The number of rotatable bonds is 6. The van der Waals surface area contributed by atoms with Crippen LogP contribution in [0.1, 0.15) is 27.0 Å². The van der Waals surface area contributed by atoms with E-state index in [0.717, 1.165) is 32.0 Å².